The molecule has 0 saturated heterocycles. The highest BCUT2D eigenvalue weighted by molar-refractivity contribution is 5.68. The minimum absolute atomic E-state index is 0.194. The number of nitrogens with zero attached hydrogens (tertiary/aromatic N) is 1. The molecule has 1 aromatic carbocycles. The molecule has 0 spiro atoms. The Kier molecular flexibility index (Phi) is 5.18. The lowest BCUT2D eigenvalue weighted by Crippen LogP contribution is -2.23. The highest BCUT2D eigenvalue weighted by Crippen LogP contribution is 2.45. The monoisotopic (exact) mass is 275 g/mol. The van der Waals surface area contributed by atoms with Gasteiger partial charge in [0.2, 0.25) is 0 Å². The zero-order valence-corrected chi connectivity index (χ0v) is 12.5. The Morgan fingerprint density at radius 1 is 1.30 bits per heavy atom. The Hall–Kier alpha value is -1.35. The van der Waals surface area contributed by atoms with Gasteiger partial charge in [0.1, 0.15) is 0 Å². The Morgan fingerprint density at radius 3 is 2.50 bits per heavy atom. The number of hydrogen-bond donors (Lipinski definition) is 1. The van der Waals surface area contributed by atoms with Crippen molar-refractivity contribution in [1.29, 1.82) is 0 Å². The lowest BCUT2D eigenvalue weighted by atomic mass is 9.87. The molecule has 1 aliphatic carbocycles. The van der Waals surface area contributed by atoms with Crippen molar-refractivity contribution in [2.24, 2.45) is 5.92 Å². The van der Waals surface area contributed by atoms with E-state index in [9.17, 15) is 9.90 Å². The highest BCUT2D eigenvalue weighted by Gasteiger charge is 2.34. The summed E-state index contributed by atoms with van der Waals surface area (Å²) in [7, 11) is 0. The van der Waals surface area contributed by atoms with E-state index < -0.39 is 5.97 Å². The van der Waals surface area contributed by atoms with E-state index in [0.29, 0.717) is 5.92 Å². The van der Waals surface area contributed by atoms with Crippen molar-refractivity contribution in [3.05, 3.63) is 35.4 Å². The minimum atomic E-state index is -0.681. The third-order valence-corrected chi connectivity index (χ3v) is 4.33. The van der Waals surface area contributed by atoms with Crippen LogP contribution in [0.5, 0.6) is 0 Å². The lowest BCUT2D eigenvalue weighted by molar-refractivity contribution is -0.137. The van der Waals surface area contributed by atoms with Crippen molar-refractivity contribution >= 4 is 5.97 Å². The van der Waals surface area contributed by atoms with Gasteiger partial charge in [-0.3, -0.25) is 9.69 Å². The molecule has 2 rings (SSSR count). The lowest BCUT2D eigenvalue weighted by Gasteiger charge is -2.23. The first-order chi connectivity index (χ1) is 9.65. The summed E-state index contributed by atoms with van der Waals surface area (Å²) in [6.07, 6.45) is 2.62. The van der Waals surface area contributed by atoms with E-state index in [1.54, 1.807) is 0 Å². The number of carbonyl (C=O) groups is 1. The van der Waals surface area contributed by atoms with Gasteiger partial charge in [0.25, 0.3) is 0 Å². The normalized spacial score (nSPS) is 16.4. The summed E-state index contributed by atoms with van der Waals surface area (Å²) >= 11 is 0. The molecule has 1 fully saturated rings. The van der Waals surface area contributed by atoms with Gasteiger partial charge >= 0.3 is 5.97 Å². The maximum atomic E-state index is 11.2. The summed E-state index contributed by atoms with van der Waals surface area (Å²) in [6.45, 7) is 7.31. The molecule has 0 radical (unpaired) electrons. The number of benzene rings is 1. The van der Waals surface area contributed by atoms with Crippen molar-refractivity contribution < 1.29 is 9.90 Å². The molecule has 0 bridgehead atoms. The van der Waals surface area contributed by atoms with E-state index in [-0.39, 0.29) is 12.3 Å². The Bertz CT molecular complexity index is 450. The largest absolute Gasteiger partial charge is 0.481 e. The van der Waals surface area contributed by atoms with Crippen LogP contribution in [-0.4, -0.2) is 29.1 Å². The van der Waals surface area contributed by atoms with Gasteiger partial charge in [-0.15, -0.1) is 0 Å². The van der Waals surface area contributed by atoms with Crippen molar-refractivity contribution in [3.8, 4) is 0 Å². The number of hydrogen-bond acceptors (Lipinski definition) is 2. The van der Waals surface area contributed by atoms with Gasteiger partial charge in [0.15, 0.2) is 0 Å². The molecule has 0 aliphatic heterocycles. The second-order valence-electron chi connectivity index (χ2n) is 5.70. The van der Waals surface area contributed by atoms with E-state index in [1.807, 2.05) is 6.07 Å². The zero-order chi connectivity index (χ0) is 14.5. The maximum Gasteiger partial charge on any atom is 0.303 e. The number of carboxylic acid groups (broad SMARTS) is 1. The van der Waals surface area contributed by atoms with Crippen LogP contribution in [0.25, 0.3) is 0 Å². The standard InChI is InChI=1S/C17H25NO2/c1-3-18(4-2)12-14-7-5-6-8-15(14)16(11-17(19)20)13-9-10-13/h5-8,13,16H,3-4,9-12H2,1-2H3,(H,19,20). The van der Waals surface area contributed by atoms with E-state index >= 15 is 0 Å². The quantitative estimate of drug-likeness (QED) is 0.789. The van der Waals surface area contributed by atoms with Crippen LogP contribution in [0.3, 0.4) is 0 Å². The average Bonchev–Trinajstić information content (AvgIpc) is 3.27. The Labute approximate surface area is 121 Å². The molecule has 0 aromatic heterocycles. The van der Waals surface area contributed by atoms with Crippen LogP contribution in [0.2, 0.25) is 0 Å². The molecule has 1 saturated carbocycles. The first-order valence-corrected chi connectivity index (χ1v) is 7.67. The molecule has 1 aromatic rings. The smallest absolute Gasteiger partial charge is 0.303 e. The first-order valence-electron chi connectivity index (χ1n) is 7.67. The molecule has 20 heavy (non-hydrogen) atoms. The van der Waals surface area contributed by atoms with Crippen LogP contribution in [0.4, 0.5) is 0 Å². The molecule has 3 nitrogen and oxygen atoms in total. The van der Waals surface area contributed by atoms with Gasteiger partial charge < -0.3 is 5.11 Å². The summed E-state index contributed by atoms with van der Waals surface area (Å²) < 4.78 is 0. The number of rotatable bonds is 8. The van der Waals surface area contributed by atoms with Crippen LogP contribution in [0.1, 0.15) is 50.2 Å². The van der Waals surface area contributed by atoms with E-state index in [0.717, 1.165) is 19.6 Å². The molecular weight excluding hydrogens is 250 g/mol. The topological polar surface area (TPSA) is 40.5 Å². The molecule has 0 amide bonds. The van der Waals surface area contributed by atoms with Crippen LogP contribution in [0, 0.1) is 5.92 Å². The van der Waals surface area contributed by atoms with Crippen LogP contribution in [-0.2, 0) is 11.3 Å². The second kappa shape index (κ2) is 6.89. The van der Waals surface area contributed by atoms with Gasteiger partial charge in [-0.1, -0.05) is 38.1 Å². The summed E-state index contributed by atoms with van der Waals surface area (Å²) in [6, 6.07) is 8.39. The highest BCUT2D eigenvalue weighted by atomic mass is 16.4. The van der Waals surface area contributed by atoms with Gasteiger partial charge in [0.05, 0.1) is 6.42 Å². The molecular formula is C17H25NO2. The third-order valence-electron chi connectivity index (χ3n) is 4.33. The van der Waals surface area contributed by atoms with Gasteiger partial charge in [0, 0.05) is 6.54 Å². The van der Waals surface area contributed by atoms with Gasteiger partial charge in [-0.25, -0.2) is 0 Å². The maximum absolute atomic E-state index is 11.2. The molecule has 1 atom stereocenters. The summed E-state index contributed by atoms with van der Waals surface area (Å²) in [5.41, 5.74) is 2.55. The van der Waals surface area contributed by atoms with E-state index in [4.69, 9.17) is 0 Å². The number of carboxylic acids is 1. The van der Waals surface area contributed by atoms with E-state index in [1.165, 1.54) is 24.0 Å². The van der Waals surface area contributed by atoms with Crippen LogP contribution >= 0.6 is 0 Å². The zero-order valence-electron chi connectivity index (χ0n) is 12.5. The minimum Gasteiger partial charge on any atom is -0.481 e. The van der Waals surface area contributed by atoms with Gasteiger partial charge in [-0.2, -0.15) is 0 Å². The van der Waals surface area contributed by atoms with Crippen molar-refractivity contribution in [1.82, 2.24) is 4.90 Å². The van der Waals surface area contributed by atoms with Crippen LogP contribution in [0.15, 0.2) is 24.3 Å². The van der Waals surface area contributed by atoms with Gasteiger partial charge in [-0.05, 0) is 48.9 Å². The fourth-order valence-corrected chi connectivity index (χ4v) is 2.95. The molecule has 1 aliphatic rings. The van der Waals surface area contributed by atoms with Crippen LogP contribution < -0.4 is 0 Å². The molecule has 110 valence electrons. The van der Waals surface area contributed by atoms with E-state index in [2.05, 4.69) is 36.9 Å². The Balaban J connectivity index is 2.22. The number of aliphatic carboxylic acids is 1. The molecule has 3 heteroatoms. The molecule has 0 heterocycles. The van der Waals surface area contributed by atoms with Crippen molar-refractivity contribution in [2.45, 2.75) is 45.6 Å². The Morgan fingerprint density at radius 2 is 1.95 bits per heavy atom. The first kappa shape index (κ1) is 15.0. The predicted octanol–water partition coefficient (Wildman–Crippen LogP) is 3.50. The second-order valence-corrected chi connectivity index (χ2v) is 5.70. The molecule has 1 unspecified atom stereocenters. The fraction of sp³-hybridized carbons (Fsp3) is 0.588. The van der Waals surface area contributed by atoms with Crippen molar-refractivity contribution in [3.63, 3.8) is 0 Å². The predicted molar refractivity (Wildman–Crippen MR) is 80.8 cm³/mol. The SMILES string of the molecule is CCN(CC)Cc1ccccc1C(CC(=O)O)C1CC1. The fourth-order valence-electron chi connectivity index (χ4n) is 2.95. The third kappa shape index (κ3) is 3.83. The molecule has 1 N–H and O–H groups in total. The summed E-state index contributed by atoms with van der Waals surface area (Å²) in [5, 5.41) is 9.18. The average molecular weight is 275 g/mol. The summed E-state index contributed by atoms with van der Waals surface area (Å²) in [5.74, 6) is 0.0859. The summed E-state index contributed by atoms with van der Waals surface area (Å²) in [4.78, 5) is 13.5. The van der Waals surface area contributed by atoms with Crippen molar-refractivity contribution in [2.75, 3.05) is 13.1 Å².